The van der Waals surface area contributed by atoms with Gasteiger partial charge in [0.15, 0.2) is 10.8 Å². The molecule has 31 heavy (non-hydrogen) atoms. The number of fused-ring (bicyclic) bond motifs is 3. The number of nitrogens with zero attached hydrogens (tertiary/aromatic N) is 3. The average Bonchev–Trinajstić information content (AvgIpc) is 3.10. The molecule has 0 aliphatic heterocycles. The second kappa shape index (κ2) is 8.35. The Labute approximate surface area is 187 Å². The van der Waals surface area contributed by atoms with E-state index in [4.69, 9.17) is 0 Å². The van der Waals surface area contributed by atoms with Crippen molar-refractivity contribution in [3.63, 3.8) is 0 Å². The molecule has 0 spiro atoms. The number of aromatic nitrogens is 3. The maximum atomic E-state index is 13.1. The Morgan fingerprint density at radius 1 is 0.968 bits per heavy atom. The summed E-state index contributed by atoms with van der Waals surface area (Å²) in [7, 11) is 0. The first kappa shape index (κ1) is 21.4. The minimum Gasteiger partial charge on any atom is -0.325 e. The summed E-state index contributed by atoms with van der Waals surface area (Å²) in [6.07, 6.45) is 0.693. The number of pyridine rings is 1. The van der Waals surface area contributed by atoms with Crippen molar-refractivity contribution in [3.05, 3.63) is 64.2 Å². The van der Waals surface area contributed by atoms with Gasteiger partial charge in [-0.2, -0.15) is 0 Å². The highest BCUT2D eigenvalue weighted by Gasteiger charge is 2.23. The number of thioether (sulfide) groups is 1. The van der Waals surface area contributed by atoms with Gasteiger partial charge in [0.1, 0.15) is 0 Å². The quantitative estimate of drug-likeness (QED) is 0.397. The van der Waals surface area contributed by atoms with Crippen molar-refractivity contribution in [2.45, 2.75) is 58.4 Å². The molecule has 0 saturated heterocycles. The number of carbonyl (C=O) groups is 1. The molecule has 0 aliphatic rings. The molecule has 160 valence electrons. The van der Waals surface area contributed by atoms with Crippen molar-refractivity contribution in [3.8, 4) is 0 Å². The van der Waals surface area contributed by atoms with Crippen molar-refractivity contribution in [2.24, 2.45) is 0 Å². The van der Waals surface area contributed by atoms with Crippen LogP contribution in [0.25, 0.3) is 16.6 Å². The highest BCUT2D eigenvalue weighted by Crippen LogP contribution is 2.32. The molecule has 0 radical (unpaired) electrons. The zero-order valence-corrected chi connectivity index (χ0v) is 19.7. The molecule has 5 nitrogen and oxygen atoms in total. The topological polar surface area (TPSA) is 59.3 Å². The molecule has 0 saturated carbocycles. The number of rotatable bonds is 5. The third-order valence-corrected chi connectivity index (χ3v) is 6.95. The van der Waals surface area contributed by atoms with Crippen LogP contribution in [0.2, 0.25) is 0 Å². The summed E-state index contributed by atoms with van der Waals surface area (Å²) >= 11 is 1.47. The van der Waals surface area contributed by atoms with E-state index in [1.807, 2.05) is 26.0 Å². The first-order valence-corrected chi connectivity index (χ1v) is 11.5. The van der Waals surface area contributed by atoms with E-state index in [9.17, 15) is 4.79 Å². The highest BCUT2D eigenvalue weighted by atomic mass is 32.2. The molecule has 0 aliphatic carbocycles. The molecule has 4 aromatic rings. The summed E-state index contributed by atoms with van der Waals surface area (Å²) in [5.41, 5.74) is 8.60. The Kier molecular flexibility index (Phi) is 5.75. The summed E-state index contributed by atoms with van der Waals surface area (Å²) in [4.78, 5) is 13.1. The van der Waals surface area contributed by atoms with Gasteiger partial charge in [-0.1, -0.05) is 48.0 Å². The minimum absolute atomic E-state index is 0.0137. The number of anilines is 1. The minimum atomic E-state index is -0.268. The van der Waals surface area contributed by atoms with E-state index in [-0.39, 0.29) is 11.2 Å². The number of amides is 1. The fourth-order valence-corrected chi connectivity index (χ4v) is 5.07. The fourth-order valence-electron chi connectivity index (χ4n) is 4.11. The maximum absolute atomic E-state index is 13.1. The number of benzene rings is 2. The molecule has 2 aromatic heterocycles. The molecular formula is C25H28N4OS. The van der Waals surface area contributed by atoms with Crippen LogP contribution in [0.3, 0.4) is 0 Å². The summed E-state index contributed by atoms with van der Waals surface area (Å²) in [5.74, 6) is -0.0137. The van der Waals surface area contributed by atoms with Crippen molar-refractivity contribution in [1.82, 2.24) is 14.6 Å². The van der Waals surface area contributed by atoms with E-state index in [1.165, 1.54) is 39.4 Å². The molecule has 2 aromatic carbocycles. The van der Waals surface area contributed by atoms with Crippen molar-refractivity contribution in [1.29, 1.82) is 0 Å². The summed E-state index contributed by atoms with van der Waals surface area (Å²) in [5, 5.41) is 13.6. The number of nitrogens with one attached hydrogen (secondary N) is 1. The van der Waals surface area contributed by atoms with Crippen molar-refractivity contribution >= 4 is 39.9 Å². The lowest BCUT2D eigenvalue weighted by atomic mass is 10.0. The third kappa shape index (κ3) is 4.04. The van der Waals surface area contributed by atoms with Crippen LogP contribution in [0.15, 0.2) is 41.6 Å². The first-order valence-electron chi connectivity index (χ1n) is 10.6. The normalized spacial score (nSPS) is 12.5. The van der Waals surface area contributed by atoms with Crippen LogP contribution in [0.1, 0.15) is 41.2 Å². The molecule has 1 N–H and O–H groups in total. The van der Waals surface area contributed by atoms with Crippen LogP contribution in [0.4, 0.5) is 5.69 Å². The maximum Gasteiger partial charge on any atom is 0.237 e. The smallest absolute Gasteiger partial charge is 0.237 e. The monoisotopic (exact) mass is 432 g/mol. The van der Waals surface area contributed by atoms with Crippen LogP contribution in [0.5, 0.6) is 0 Å². The second-order valence-corrected chi connectivity index (χ2v) is 9.47. The number of hydrogen-bond donors (Lipinski definition) is 1. The van der Waals surface area contributed by atoms with E-state index in [0.717, 1.165) is 27.6 Å². The predicted octanol–water partition coefficient (Wildman–Crippen LogP) is 5.93. The van der Waals surface area contributed by atoms with Crippen molar-refractivity contribution in [2.75, 3.05) is 5.32 Å². The van der Waals surface area contributed by atoms with Gasteiger partial charge in [-0.25, -0.2) is 0 Å². The lowest BCUT2D eigenvalue weighted by Gasteiger charge is -2.16. The lowest BCUT2D eigenvalue weighted by Crippen LogP contribution is -2.25. The van der Waals surface area contributed by atoms with E-state index in [2.05, 4.69) is 71.9 Å². The summed E-state index contributed by atoms with van der Waals surface area (Å²) in [6.45, 7) is 12.4. The molecule has 6 heteroatoms. The summed E-state index contributed by atoms with van der Waals surface area (Å²) in [6, 6.07) is 12.5. The average molecular weight is 433 g/mol. The van der Waals surface area contributed by atoms with E-state index in [1.54, 1.807) is 0 Å². The Hall–Kier alpha value is -2.86. The van der Waals surface area contributed by atoms with Crippen LogP contribution in [-0.4, -0.2) is 25.8 Å². The van der Waals surface area contributed by atoms with Gasteiger partial charge in [0.25, 0.3) is 0 Å². The van der Waals surface area contributed by atoms with E-state index < -0.39 is 0 Å². The molecule has 4 rings (SSSR count). The molecule has 1 atom stereocenters. The summed E-state index contributed by atoms with van der Waals surface area (Å²) < 4.78 is 2.09. The van der Waals surface area contributed by atoms with Gasteiger partial charge < -0.3 is 5.32 Å². The lowest BCUT2D eigenvalue weighted by molar-refractivity contribution is -0.115. The van der Waals surface area contributed by atoms with Gasteiger partial charge in [-0.05, 0) is 75.9 Å². The Morgan fingerprint density at radius 3 is 2.42 bits per heavy atom. The molecule has 1 unspecified atom stereocenters. The van der Waals surface area contributed by atoms with Gasteiger partial charge in [-0.3, -0.25) is 9.20 Å². The molecular weight excluding hydrogens is 404 g/mol. The van der Waals surface area contributed by atoms with Gasteiger partial charge in [0.2, 0.25) is 5.91 Å². The first-order chi connectivity index (χ1) is 14.8. The number of carbonyl (C=O) groups excluding carboxylic acids is 1. The van der Waals surface area contributed by atoms with E-state index in [0.29, 0.717) is 6.42 Å². The van der Waals surface area contributed by atoms with Gasteiger partial charge in [0.05, 0.1) is 10.8 Å². The van der Waals surface area contributed by atoms with Crippen LogP contribution < -0.4 is 5.32 Å². The molecule has 0 fully saturated rings. The molecule has 0 bridgehead atoms. The second-order valence-electron chi connectivity index (χ2n) is 8.30. The predicted molar refractivity (Wildman–Crippen MR) is 129 cm³/mol. The zero-order chi connectivity index (χ0) is 22.3. The largest absolute Gasteiger partial charge is 0.325 e. The van der Waals surface area contributed by atoms with Gasteiger partial charge >= 0.3 is 0 Å². The Morgan fingerprint density at radius 2 is 1.71 bits per heavy atom. The fraction of sp³-hybridized carbons (Fsp3) is 0.320. The third-order valence-electron chi connectivity index (χ3n) is 5.65. The highest BCUT2D eigenvalue weighted by molar-refractivity contribution is 8.00. The standard InChI is InChI=1S/C25H28N4OS/c1-7-21(24(30)26-20-9-8-14(2)10-17(20)5)31-25-28-27-22-13-16(4)19-12-15(3)11-18(6)23(19)29(22)25/h8-13,21H,7H2,1-6H3,(H,26,30). The number of aryl methyl sites for hydroxylation is 5. The Balaban J connectivity index is 1.71. The SMILES string of the molecule is CCC(Sc1nnc2cc(C)c3cc(C)cc(C)c3n12)C(=O)Nc1ccc(C)cc1C. The van der Waals surface area contributed by atoms with Crippen LogP contribution >= 0.6 is 11.8 Å². The van der Waals surface area contributed by atoms with Crippen LogP contribution in [-0.2, 0) is 4.79 Å². The zero-order valence-electron chi connectivity index (χ0n) is 18.9. The Bertz CT molecular complexity index is 1310. The molecule has 1 amide bonds. The van der Waals surface area contributed by atoms with Gasteiger partial charge in [0, 0.05) is 11.1 Å². The van der Waals surface area contributed by atoms with E-state index >= 15 is 0 Å². The van der Waals surface area contributed by atoms with Crippen LogP contribution in [0, 0.1) is 34.6 Å². The number of hydrogen-bond acceptors (Lipinski definition) is 4. The molecule has 2 heterocycles. The van der Waals surface area contributed by atoms with Gasteiger partial charge in [-0.15, -0.1) is 10.2 Å². The van der Waals surface area contributed by atoms with Crippen molar-refractivity contribution < 1.29 is 4.79 Å².